The zero-order valence-electron chi connectivity index (χ0n) is 13.0. The fraction of sp³-hybridized carbons (Fsp3) is 0.533. The van der Waals surface area contributed by atoms with Gasteiger partial charge in [-0.25, -0.2) is 0 Å². The maximum absolute atomic E-state index is 12.2. The number of hydrogen-bond acceptors (Lipinski definition) is 5. The van der Waals surface area contributed by atoms with Crippen molar-refractivity contribution in [2.75, 3.05) is 25.0 Å². The molecule has 1 amide bonds. The van der Waals surface area contributed by atoms with E-state index in [4.69, 9.17) is 4.74 Å². The third-order valence-corrected chi connectivity index (χ3v) is 3.57. The molecule has 0 spiro atoms. The fourth-order valence-electron chi connectivity index (χ4n) is 2.76. The summed E-state index contributed by atoms with van der Waals surface area (Å²) in [7, 11) is 0. The number of nitrogens with one attached hydrogen (secondary N) is 1. The summed E-state index contributed by atoms with van der Waals surface area (Å²) in [4.78, 5) is 24.8. The molecule has 2 atom stereocenters. The average Bonchev–Trinajstić information content (AvgIpc) is 2.39. The molecule has 1 saturated heterocycles. The number of hydrogen-bond donors (Lipinski definition) is 1. The van der Waals surface area contributed by atoms with Crippen molar-refractivity contribution < 1.29 is 14.5 Å². The van der Waals surface area contributed by atoms with Gasteiger partial charge in [-0.3, -0.25) is 19.8 Å². The molecule has 1 N–H and O–H groups in total. The van der Waals surface area contributed by atoms with Crippen LogP contribution in [0.2, 0.25) is 0 Å². The first-order chi connectivity index (χ1) is 10.4. The molecule has 22 heavy (non-hydrogen) atoms. The molecule has 0 aliphatic carbocycles. The number of carbonyl (C=O) groups is 1. The van der Waals surface area contributed by atoms with Crippen LogP contribution in [0.15, 0.2) is 18.2 Å². The van der Waals surface area contributed by atoms with Gasteiger partial charge < -0.3 is 10.1 Å². The topological polar surface area (TPSA) is 84.7 Å². The van der Waals surface area contributed by atoms with Crippen molar-refractivity contribution in [3.63, 3.8) is 0 Å². The van der Waals surface area contributed by atoms with Crippen LogP contribution < -0.4 is 5.32 Å². The van der Waals surface area contributed by atoms with Gasteiger partial charge in [-0.05, 0) is 26.3 Å². The lowest BCUT2D eigenvalue weighted by Gasteiger charge is -2.34. The van der Waals surface area contributed by atoms with Crippen LogP contribution in [0.25, 0.3) is 0 Å². The number of nitrogens with zero attached hydrogens (tertiary/aromatic N) is 2. The second-order valence-electron chi connectivity index (χ2n) is 5.73. The lowest BCUT2D eigenvalue weighted by Crippen LogP contribution is -2.48. The Morgan fingerprint density at radius 2 is 2.05 bits per heavy atom. The van der Waals surface area contributed by atoms with Crippen LogP contribution in [-0.2, 0) is 9.53 Å². The molecule has 120 valence electrons. The Morgan fingerprint density at radius 1 is 1.41 bits per heavy atom. The summed E-state index contributed by atoms with van der Waals surface area (Å²) >= 11 is 0. The Kier molecular flexibility index (Phi) is 5.10. The molecular weight excluding hydrogens is 286 g/mol. The number of rotatable bonds is 4. The third kappa shape index (κ3) is 4.02. The van der Waals surface area contributed by atoms with Crippen molar-refractivity contribution >= 4 is 17.3 Å². The largest absolute Gasteiger partial charge is 0.373 e. The van der Waals surface area contributed by atoms with Gasteiger partial charge in [0.15, 0.2) is 0 Å². The normalized spacial score (nSPS) is 22.3. The minimum Gasteiger partial charge on any atom is -0.373 e. The van der Waals surface area contributed by atoms with E-state index in [1.807, 2.05) is 18.7 Å². The molecule has 0 saturated carbocycles. The van der Waals surface area contributed by atoms with Crippen LogP contribution in [0.4, 0.5) is 11.4 Å². The maximum atomic E-state index is 12.2. The van der Waals surface area contributed by atoms with E-state index in [2.05, 4.69) is 5.32 Å². The highest BCUT2D eigenvalue weighted by molar-refractivity contribution is 5.95. The van der Waals surface area contributed by atoms with E-state index < -0.39 is 4.92 Å². The first kappa shape index (κ1) is 16.4. The molecule has 7 heteroatoms. The van der Waals surface area contributed by atoms with E-state index in [0.29, 0.717) is 18.7 Å². The highest BCUT2D eigenvalue weighted by Gasteiger charge is 2.25. The van der Waals surface area contributed by atoms with Crippen molar-refractivity contribution in [1.82, 2.24) is 4.90 Å². The minimum absolute atomic E-state index is 0.0735. The number of anilines is 1. The minimum atomic E-state index is -0.485. The molecule has 0 radical (unpaired) electrons. The van der Waals surface area contributed by atoms with Crippen LogP contribution in [0, 0.1) is 17.0 Å². The summed E-state index contributed by atoms with van der Waals surface area (Å²) in [6.45, 7) is 7.21. The molecule has 2 rings (SSSR count). The number of ether oxygens (including phenoxy) is 1. The lowest BCUT2D eigenvalue weighted by atomic mass is 10.1. The first-order valence-electron chi connectivity index (χ1n) is 7.28. The van der Waals surface area contributed by atoms with Crippen molar-refractivity contribution in [1.29, 1.82) is 0 Å². The van der Waals surface area contributed by atoms with Gasteiger partial charge in [0.2, 0.25) is 5.91 Å². The predicted octanol–water partition coefficient (Wildman–Crippen LogP) is 1.95. The molecule has 1 aromatic rings. The van der Waals surface area contributed by atoms with Crippen molar-refractivity contribution in [2.45, 2.75) is 33.0 Å². The summed E-state index contributed by atoms with van der Waals surface area (Å²) in [6, 6.07) is 4.73. The molecule has 1 aliphatic heterocycles. The summed E-state index contributed by atoms with van der Waals surface area (Å²) in [5.74, 6) is -0.251. The van der Waals surface area contributed by atoms with Gasteiger partial charge in [0.25, 0.3) is 5.69 Å². The average molecular weight is 307 g/mol. The number of morpholine rings is 1. The highest BCUT2D eigenvalue weighted by Crippen LogP contribution is 2.27. The molecule has 0 aromatic heterocycles. The van der Waals surface area contributed by atoms with E-state index in [-0.39, 0.29) is 36.0 Å². The monoisotopic (exact) mass is 307 g/mol. The Bertz CT molecular complexity index is 566. The summed E-state index contributed by atoms with van der Waals surface area (Å²) < 4.78 is 5.62. The molecular formula is C15H21N3O4. The zero-order valence-corrected chi connectivity index (χ0v) is 13.0. The van der Waals surface area contributed by atoms with Crippen molar-refractivity contribution in [3.05, 3.63) is 33.9 Å². The van der Waals surface area contributed by atoms with Crippen molar-refractivity contribution in [3.8, 4) is 0 Å². The third-order valence-electron chi connectivity index (χ3n) is 3.57. The van der Waals surface area contributed by atoms with E-state index in [0.717, 1.165) is 0 Å². The predicted molar refractivity (Wildman–Crippen MR) is 82.9 cm³/mol. The number of benzene rings is 1. The van der Waals surface area contributed by atoms with Gasteiger partial charge >= 0.3 is 0 Å². The number of para-hydroxylation sites is 1. The standard InChI is InChI=1S/C15H21N3O4/c1-10-5-4-6-13(18(20)21)15(10)16-14(19)9-17-7-11(2)22-12(3)8-17/h4-6,11-12H,7-9H2,1-3H3,(H,16,19)/t11-,12-/m0/s1. The number of aryl methyl sites for hydroxylation is 1. The zero-order chi connectivity index (χ0) is 16.3. The number of amides is 1. The molecule has 1 aromatic carbocycles. The second-order valence-corrected chi connectivity index (χ2v) is 5.73. The number of nitro benzene ring substituents is 1. The summed E-state index contributed by atoms with van der Waals surface area (Å²) in [6.07, 6.45) is 0.147. The van der Waals surface area contributed by atoms with Crippen LogP contribution in [0.3, 0.4) is 0 Å². The summed E-state index contributed by atoms with van der Waals surface area (Å²) in [5, 5.41) is 13.7. The summed E-state index contributed by atoms with van der Waals surface area (Å²) in [5.41, 5.74) is 0.857. The molecule has 7 nitrogen and oxygen atoms in total. The van der Waals surface area contributed by atoms with E-state index >= 15 is 0 Å². The lowest BCUT2D eigenvalue weighted by molar-refractivity contribution is -0.384. The van der Waals surface area contributed by atoms with Gasteiger partial charge in [0.1, 0.15) is 5.69 Å². The molecule has 0 unspecified atom stereocenters. The Morgan fingerprint density at radius 3 is 2.64 bits per heavy atom. The molecule has 1 aliphatic rings. The highest BCUT2D eigenvalue weighted by atomic mass is 16.6. The van der Waals surface area contributed by atoms with Gasteiger partial charge in [-0.1, -0.05) is 12.1 Å². The van der Waals surface area contributed by atoms with E-state index in [1.165, 1.54) is 6.07 Å². The second kappa shape index (κ2) is 6.85. The van der Waals surface area contributed by atoms with Crippen LogP contribution >= 0.6 is 0 Å². The first-order valence-corrected chi connectivity index (χ1v) is 7.28. The molecule has 1 heterocycles. The van der Waals surface area contributed by atoms with Gasteiger partial charge in [-0.2, -0.15) is 0 Å². The SMILES string of the molecule is Cc1cccc([N+](=O)[O-])c1NC(=O)CN1C[C@H](C)O[C@@H](C)C1. The number of carbonyl (C=O) groups excluding carboxylic acids is 1. The maximum Gasteiger partial charge on any atom is 0.293 e. The van der Waals surface area contributed by atoms with Crippen molar-refractivity contribution in [2.24, 2.45) is 0 Å². The Hall–Kier alpha value is -1.99. The van der Waals surface area contributed by atoms with Crippen LogP contribution in [0.5, 0.6) is 0 Å². The van der Waals surface area contributed by atoms with Gasteiger partial charge in [-0.15, -0.1) is 0 Å². The van der Waals surface area contributed by atoms with Gasteiger partial charge in [0.05, 0.1) is 23.7 Å². The quantitative estimate of drug-likeness (QED) is 0.679. The van der Waals surface area contributed by atoms with E-state index in [9.17, 15) is 14.9 Å². The smallest absolute Gasteiger partial charge is 0.293 e. The fourth-order valence-corrected chi connectivity index (χ4v) is 2.76. The van der Waals surface area contributed by atoms with E-state index in [1.54, 1.807) is 19.1 Å². The Labute approximate surface area is 129 Å². The molecule has 1 fully saturated rings. The van der Waals surface area contributed by atoms with Crippen LogP contribution in [-0.4, -0.2) is 47.6 Å². The van der Waals surface area contributed by atoms with Crippen LogP contribution in [0.1, 0.15) is 19.4 Å². The van der Waals surface area contributed by atoms with Gasteiger partial charge in [0, 0.05) is 19.2 Å². The number of nitro groups is 1. The Balaban J connectivity index is 2.05. The molecule has 0 bridgehead atoms.